The average Bonchev–Trinajstić information content (AvgIpc) is 2.58. The zero-order valence-corrected chi connectivity index (χ0v) is 9.80. The van der Waals surface area contributed by atoms with Crippen LogP contribution in [0.5, 0.6) is 0 Å². The Morgan fingerprint density at radius 2 is 2.29 bits per heavy atom. The van der Waals surface area contributed by atoms with Gasteiger partial charge in [0.05, 0.1) is 0 Å². The van der Waals surface area contributed by atoms with Crippen molar-refractivity contribution in [3.8, 4) is 0 Å². The molecule has 1 unspecified atom stereocenters. The van der Waals surface area contributed by atoms with Crippen molar-refractivity contribution in [3.05, 3.63) is 18.0 Å². The lowest BCUT2D eigenvalue weighted by Gasteiger charge is -2.05. The minimum absolute atomic E-state index is 0.363. The van der Waals surface area contributed by atoms with E-state index in [2.05, 4.69) is 18.1 Å². The van der Waals surface area contributed by atoms with Gasteiger partial charge in [-0.1, -0.05) is 13.3 Å². The van der Waals surface area contributed by atoms with Crippen molar-refractivity contribution in [3.63, 3.8) is 0 Å². The Hall–Kier alpha value is -0.500. The van der Waals surface area contributed by atoms with Crippen LogP contribution in [0.15, 0.2) is 12.3 Å². The molecule has 0 fully saturated rings. The second kappa shape index (κ2) is 6.07. The monoisotopic (exact) mass is 214 g/mol. The molecule has 14 heavy (non-hydrogen) atoms. The lowest BCUT2D eigenvalue weighted by atomic mass is 10.1. The van der Waals surface area contributed by atoms with E-state index >= 15 is 0 Å². The molecule has 0 aromatic carbocycles. The molecular weight excluding hydrogens is 196 g/mol. The third-order valence-corrected chi connectivity index (χ3v) is 3.09. The smallest absolute Gasteiger partial charge is 0.0492 e. The zero-order chi connectivity index (χ0) is 10.4. The molecular formula is C11H19ClN2. The molecule has 1 atom stereocenters. The topological polar surface area (TPSA) is 17.8 Å². The minimum Gasteiger partial charge on any atom is -0.273 e. The number of nitrogens with zero attached hydrogens (tertiary/aromatic N) is 2. The number of hydrogen-bond acceptors (Lipinski definition) is 1. The molecule has 2 nitrogen and oxygen atoms in total. The van der Waals surface area contributed by atoms with Gasteiger partial charge < -0.3 is 0 Å². The Morgan fingerprint density at radius 1 is 1.50 bits per heavy atom. The van der Waals surface area contributed by atoms with Gasteiger partial charge in [-0.2, -0.15) is 5.10 Å². The molecule has 0 aliphatic rings. The molecule has 1 rings (SSSR count). The number of aromatic nitrogens is 2. The van der Waals surface area contributed by atoms with Gasteiger partial charge in [0.2, 0.25) is 0 Å². The first kappa shape index (κ1) is 11.6. The van der Waals surface area contributed by atoms with E-state index in [-0.39, 0.29) is 0 Å². The van der Waals surface area contributed by atoms with E-state index in [9.17, 15) is 0 Å². The average molecular weight is 215 g/mol. The Kier molecular flexibility index (Phi) is 5.02. The standard InChI is InChI=1S/C11H19ClN2/c1-3-10(12)6-4-5-7-11-8-9-13-14(11)2/h8-10H,3-7H2,1-2H3. The summed E-state index contributed by atoms with van der Waals surface area (Å²) in [5.74, 6) is 0. The molecule has 0 N–H and O–H groups in total. The highest BCUT2D eigenvalue weighted by Gasteiger charge is 2.02. The van der Waals surface area contributed by atoms with Crippen molar-refractivity contribution in [2.24, 2.45) is 7.05 Å². The quantitative estimate of drug-likeness (QED) is 0.526. The van der Waals surface area contributed by atoms with Gasteiger partial charge in [-0.15, -0.1) is 11.6 Å². The third-order valence-electron chi connectivity index (χ3n) is 2.57. The molecule has 0 radical (unpaired) electrons. The van der Waals surface area contributed by atoms with Gasteiger partial charge in [-0.25, -0.2) is 0 Å². The van der Waals surface area contributed by atoms with Crippen LogP contribution in [0.4, 0.5) is 0 Å². The molecule has 0 aliphatic carbocycles. The van der Waals surface area contributed by atoms with Crippen LogP contribution in [0, 0.1) is 0 Å². The number of hydrogen-bond donors (Lipinski definition) is 0. The van der Waals surface area contributed by atoms with Crippen molar-refractivity contribution in [1.29, 1.82) is 0 Å². The van der Waals surface area contributed by atoms with Crippen molar-refractivity contribution >= 4 is 11.6 Å². The molecule has 80 valence electrons. The van der Waals surface area contributed by atoms with E-state index in [1.807, 2.05) is 17.9 Å². The van der Waals surface area contributed by atoms with E-state index in [0.717, 1.165) is 19.3 Å². The Morgan fingerprint density at radius 3 is 2.86 bits per heavy atom. The fourth-order valence-electron chi connectivity index (χ4n) is 1.52. The minimum atomic E-state index is 0.363. The van der Waals surface area contributed by atoms with E-state index in [1.165, 1.54) is 18.5 Å². The van der Waals surface area contributed by atoms with Crippen LogP contribution in [-0.2, 0) is 13.5 Å². The summed E-state index contributed by atoms with van der Waals surface area (Å²) < 4.78 is 1.94. The van der Waals surface area contributed by atoms with E-state index in [0.29, 0.717) is 5.38 Å². The predicted molar refractivity (Wildman–Crippen MR) is 60.7 cm³/mol. The summed E-state index contributed by atoms with van der Waals surface area (Å²) in [5, 5.41) is 4.50. The highest BCUT2D eigenvalue weighted by Crippen LogP contribution is 2.12. The summed E-state index contributed by atoms with van der Waals surface area (Å²) in [7, 11) is 1.99. The maximum absolute atomic E-state index is 6.04. The summed E-state index contributed by atoms with van der Waals surface area (Å²) >= 11 is 6.04. The van der Waals surface area contributed by atoms with Crippen LogP contribution in [0.2, 0.25) is 0 Å². The van der Waals surface area contributed by atoms with Crippen LogP contribution in [-0.4, -0.2) is 15.2 Å². The zero-order valence-electron chi connectivity index (χ0n) is 9.04. The molecule has 1 aromatic rings. The first-order valence-electron chi connectivity index (χ1n) is 5.35. The van der Waals surface area contributed by atoms with Crippen LogP contribution in [0.3, 0.4) is 0 Å². The number of rotatable bonds is 6. The first-order valence-corrected chi connectivity index (χ1v) is 5.78. The molecule has 0 bridgehead atoms. The second-order valence-corrected chi connectivity index (χ2v) is 4.31. The highest BCUT2D eigenvalue weighted by atomic mass is 35.5. The summed E-state index contributed by atoms with van der Waals surface area (Å²) in [4.78, 5) is 0. The fourth-order valence-corrected chi connectivity index (χ4v) is 1.68. The molecule has 1 heterocycles. The van der Waals surface area contributed by atoms with Gasteiger partial charge in [-0.3, -0.25) is 4.68 Å². The largest absolute Gasteiger partial charge is 0.273 e. The van der Waals surface area contributed by atoms with Crippen LogP contribution in [0.1, 0.15) is 38.3 Å². The predicted octanol–water partition coefficient (Wildman–Crippen LogP) is 3.15. The maximum Gasteiger partial charge on any atom is 0.0492 e. The molecule has 1 aromatic heterocycles. The number of aryl methyl sites for hydroxylation is 2. The first-order chi connectivity index (χ1) is 6.74. The van der Waals surface area contributed by atoms with E-state index in [4.69, 9.17) is 11.6 Å². The molecule has 0 saturated carbocycles. The normalized spacial score (nSPS) is 13.1. The Balaban J connectivity index is 2.13. The van der Waals surface area contributed by atoms with Crippen molar-refractivity contribution in [2.45, 2.75) is 44.4 Å². The van der Waals surface area contributed by atoms with E-state index in [1.54, 1.807) is 0 Å². The summed E-state index contributed by atoms with van der Waals surface area (Å²) in [5.41, 5.74) is 1.31. The number of alkyl halides is 1. The van der Waals surface area contributed by atoms with Gasteiger partial charge in [0.25, 0.3) is 0 Å². The van der Waals surface area contributed by atoms with Crippen molar-refractivity contribution in [1.82, 2.24) is 9.78 Å². The van der Waals surface area contributed by atoms with Gasteiger partial charge >= 0.3 is 0 Å². The fraction of sp³-hybridized carbons (Fsp3) is 0.727. The van der Waals surface area contributed by atoms with Gasteiger partial charge in [0, 0.05) is 24.3 Å². The number of unbranched alkanes of at least 4 members (excludes halogenated alkanes) is 1. The van der Waals surface area contributed by atoms with Crippen LogP contribution < -0.4 is 0 Å². The SMILES string of the molecule is CCC(Cl)CCCCc1ccnn1C. The van der Waals surface area contributed by atoms with Crippen molar-refractivity contribution in [2.75, 3.05) is 0 Å². The summed E-state index contributed by atoms with van der Waals surface area (Å²) in [6.07, 6.45) is 7.61. The lowest BCUT2D eigenvalue weighted by Crippen LogP contribution is -2.00. The Bertz CT molecular complexity index is 258. The van der Waals surface area contributed by atoms with Gasteiger partial charge in [0.15, 0.2) is 0 Å². The highest BCUT2D eigenvalue weighted by molar-refractivity contribution is 6.20. The van der Waals surface area contributed by atoms with Gasteiger partial charge in [0.1, 0.15) is 0 Å². The lowest BCUT2D eigenvalue weighted by molar-refractivity contribution is 0.614. The molecule has 0 saturated heterocycles. The molecule has 3 heteroatoms. The van der Waals surface area contributed by atoms with Crippen molar-refractivity contribution < 1.29 is 0 Å². The Labute approximate surface area is 91.3 Å². The molecule has 0 aliphatic heterocycles. The summed E-state index contributed by atoms with van der Waals surface area (Å²) in [6.45, 7) is 2.14. The maximum atomic E-state index is 6.04. The molecule has 0 spiro atoms. The van der Waals surface area contributed by atoms with Crippen LogP contribution >= 0.6 is 11.6 Å². The van der Waals surface area contributed by atoms with E-state index < -0.39 is 0 Å². The van der Waals surface area contributed by atoms with Crippen LogP contribution in [0.25, 0.3) is 0 Å². The number of halogens is 1. The molecule has 0 amide bonds. The second-order valence-electron chi connectivity index (χ2n) is 3.70. The third kappa shape index (κ3) is 3.70. The van der Waals surface area contributed by atoms with Gasteiger partial charge in [-0.05, 0) is 31.7 Å². The summed E-state index contributed by atoms with van der Waals surface area (Å²) in [6, 6.07) is 2.08.